The number of nitrogens with zero attached hydrogens (tertiary/aromatic N) is 1. The zero-order chi connectivity index (χ0) is 27.8. The van der Waals surface area contributed by atoms with Gasteiger partial charge in [0.2, 0.25) is 0 Å². The first-order chi connectivity index (χ1) is 19.5. The van der Waals surface area contributed by atoms with E-state index in [9.17, 15) is 0 Å². The lowest BCUT2D eigenvalue weighted by Gasteiger charge is -2.32. The minimum absolute atomic E-state index is 0.0666. The fraction of sp³-hybridized carbons (Fsp3) is 0.371. The van der Waals surface area contributed by atoms with Crippen molar-refractivity contribution < 1.29 is 9.31 Å². The molecule has 0 atom stereocenters. The van der Waals surface area contributed by atoms with Gasteiger partial charge in [0.05, 0.1) is 0 Å². The molecule has 1 aliphatic rings. The number of unbranched alkanes of at least 4 members (excludes halogenated alkanes) is 5. The van der Waals surface area contributed by atoms with Gasteiger partial charge in [-0.15, -0.1) is 11.3 Å². The second-order valence-corrected chi connectivity index (χ2v) is 12.8. The van der Waals surface area contributed by atoms with Gasteiger partial charge in [0.1, 0.15) is 0 Å². The highest BCUT2D eigenvalue weighted by Crippen LogP contribution is 2.37. The minimum Gasteiger partial charge on any atom is -0.406 e. The number of hydrogen-bond acceptors (Lipinski definition) is 4. The van der Waals surface area contributed by atoms with Crippen molar-refractivity contribution in [1.29, 1.82) is 0 Å². The van der Waals surface area contributed by atoms with Gasteiger partial charge in [-0.3, -0.25) is 0 Å². The van der Waals surface area contributed by atoms with E-state index in [1.54, 1.807) is 0 Å². The van der Waals surface area contributed by atoms with Gasteiger partial charge in [-0.05, 0) is 66.4 Å². The first-order valence-corrected chi connectivity index (χ1v) is 15.7. The molecule has 3 nitrogen and oxygen atoms in total. The van der Waals surface area contributed by atoms with Crippen molar-refractivity contribution in [1.82, 2.24) is 0 Å². The Hall–Kier alpha value is -2.86. The van der Waals surface area contributed by atoms with Crippen molar-refractivity contribution in [3.63, 3.8) is 0 Å². The third-order valence-corrected chi connectivity index (χ3v) is 8.78. The number of hydrogen-bond donors (Lipinski definition) is 0. The first kappa shape index (κ1) is 28.7. The van der Waals surface area contributed by atoms with Gasteiger partial charge < -0.3 is 14.2 Å². The van der Waals surface area contributed by atoms with E-state index in [1.807, 2.05) is 11.3 Å². The maximum absolute atomic E-state index is 6.18. The van der Waals surface area contributed by atoms with Crippen LogP contribution in [0.25, 0.3) is 10.4 Å². The quantitative estimate of drug-likeness (QED) is 0.129. The maximum Gasteiger partial charge on any atom is 0.504 e. The molecule has 1 fully saturated rings. The Morgan fingerprint density at radius 1 is 0.725 bits per heavy atom. The second-order valence-electron chi connectivity index (χ2n) is 11.7. The molecule has 40 heavy (non-hydrogen) atoms. The zero-order valence-corrected chi connectivity index (χ0v) is 25.1. The van der Waals surface area contributed by atoms with Crippen molar-refractivity contribution in [2.24, 2.45) is 5.41 Å². The maximum atomic E-state index is 6.18. The van der Waals surface area contributed by atoms with Crippen molar-refractivity contribution in [3.8, 4) is 10.4 Å². The van der Waals surface area contributed by atoms with E-state index < -0.39 is 0 Å². The highest BCUT2D eigenvalue weighted by Gasteiger charge is 2.35. The van der Waals surface area contributed by atoms with Gasteiger partial charge in [0, 0.05) is 45.3 Å². The van der Waals surface area contributed by atoms with E-state index in [1.165, 1.54) is 59.3 Å². The molecule has 5 heteroatoms. The molecule has 0 amide bonds. The summed E-state index contributed by atoms with van der Waals surface area (Å²) in [6.07, 6.45) is 8.91. The van der Waals surface area contributed by atoms with Crippen LogP contribution in [-0.2, 0) is 15.7 Å². The smallest absolute Gasteiger partial charge is 0.406 e. The second kappa shape index (κ2) is 13.7. The Kier molecular flexibility index (Phi) is 9.80. The number of benzene rings is 3. The van der Waals surface area contributed by atoms with Gasteiger partial charge >= 0.3 is 7.12 Å². The summed E-state index contributed by atoms with van der Waals surface area (Å²) in [5.74, 6) is 0. The molecule has 0 unspecified atom stereocenters. The third kappa shape index (κ3) is 7.26. The summed E-state index contributed by atoms with van der Waals surface area (Å²) < 4.78 is 13.6. The molecule has 0 aliphatic carbocycles. The molecular formula is C35H42BNO2S. The van der Waals surface area contributed by atoms with Crippen LogP contribution in [0.1, 0.15) is 64.9 Å². The van der Waals surface area contributed by atoms with Gasteiger partial charge in [-0.1, -0.05) is 101 Å². The molecule has 5 rings (SSSR count). The minimum atomic E-state index is -0.263. The van der Waals surface area contributed by atoms with E-state index in [0.29, 0.717) is 0 Å². The summed E-state index contributed by atoms with van der Waals surface area (Å²) in [6.45, 7) is 8.12. The van der Waals surface area contributed by atoms with Crippen molar-refractivity contribution in [2.75, 3.05) is 18.1 Å². The van der Waals surface area contributed by atoms with Crippen LogP contribution in [0.15, 0.2) is 91.0 Å². The summed E-state index contributed by atoms with van der Waals surface area (Å²) in [7, 11) is -0.263. The highest BCUT2D eigenvalue weighted by molar-refractivity contribution is 7.25. The summed E-state index contributed by atoms with van der Waals surface area (Å²) in [6, 6.07) is 32.6. The molecule has 0 radical (unpaired) electrons. The molecule has 3 aromatic carbocycles. The zero-order valence-electron chi connectivity index (χ0n) is 24.3. The van der Waals surface area contributed by atoms with Gasteiger partial charge in [-0.25, -0.2) is 0 Å². The number of anilines is 3. The summed E-state index contributed by atoms with van der Waals surface area (Å²) in [5, 5.41) is 0. The Balaban J connectivity index is 1.41. The summed E-state index contributed by atoms with van der Waals surface area (Å²) >= 11 is 1.83. The summed E-state index contributed by atoms with van der Waals surface area (Å²) in [4.78, 5) is 3.66. The monoisotopic (exact) mass is 551 g/mol. The molecule has 2 heterocycles. The SMILES string of the molecule is CCCCCCCCc1cc(B2OCC(C)(C)CO2)sc1-c1ccc(N(c2ccccc2)c2ccccc2)cc1. The molecule has 1 saturated heterocycles. The molecular weight excluding hydrogens is 509 g/mol. The topological polar surface area (TPSA) is 21.7 Å². The Bertz CT molecular complexity index is 1270. The number of rotatable bonds is 12. The number of thiophene rings is 1. The van der Waals surface area contributed by atoms with Crippen molar-refractivity contribution in [3.05, 3.63) is 96.6 Å². The van der Waals surface area contributed by atoms with Crippen molar-refractivity contribution in [2.45, 2.75) is 65.7 Å². The Morgan fingerprint density at radius 3 is 1.88 bits per heavy atom. The van der Waals surface area contributed by atoms with Crippen molar-refractivity contribution >= 4 is 40.3 Å². The molecule has 0 bridgehead atoms. The van der Waals surface area contributed by atoms with E-state index >= 15 is 0 Å². The fourth-order valence-electron chi connectivity index (χ4n) is 5.31. The molecule has 0 spiro atoms. The van der Waals surface area contributed by atoms with Crippen LogP contribution in [-0.4, -0.2) is 20.3 Å². The molecule has 4 aromatic rings. The van der Waals surface area contributed by atoms with Crippen LogP contribution >= 0.6 is 11.3 Å². The average Bonchev–Trinajstić information content (AvgIpc) is 3.40. The average molecular weight is 552 g/mol. The van der Waals surface area contributed by atoms with Gasteiger partial charge in [0.25, 0.3) is 0 Å². The Morgan fingerprint density at radius 2 is 1.27 bits per heavy atom. The molecule has 1 aromatic heterocycles. The molecule has 0 saturated carbocycles. The van der Waals surface area contributed by atoms with Crippen LogP contribution in [0.3, 0.4) is 0 Å². The van der Waals surface area contributed by atoms with Crippen LogP contribution in [0, 0.1) is 5.41 Å². The van der Waals surface area contributed by atoms with Crippen LogP contribution < -0.4 is 9.68 Å². The first-order valence-electron chi connectivity index (χ1n) is 14.9. The van der Waals surface area contributed by atoms with E-state index in [0.717, 1.165) is 36.7 Å². The summed E-state index contributed by atoms with van der Waals surface area (Å²) in [5.41, 5.74) is 6.20. The predicted molar refractivity (Wildman–Crippen MR) is 173 cm³/mol. The number of aryl methyl sites for hydroxylation is 1. The van der Waals surface area contributed by atoms with Crippen LogP contribution in [0.2, 0.25) is 0 Å². The molecule has 208 valence electrons. The number of para-hydroxylation sites is 2. The lowest BCUT2D eigenvalue weighted by Crippen LogP contribution is -2.46. The van der Waals surface area contributed by atoms with E-state index in [-0.39, 0.29) is 12.5 Å². The Labute approximate surface area is 245 Å². The van der Waals surface area contributed by atoms with Gasteiger partial charge in [0.15, 0.2) is 0 Å². The third-order valence-electron chi connectivity index (χ3n) is 7.53. The van der Waals surface area contributed by atoms with Gasteiger partial charge in [-0.2, -0.15) is 0 Å². The molecule has 1 aliphatic heterocycles. The standard InChI is InChI=1S/C35H42BNO2S/c1-4-5-6-7-8-11-16-29-25-33(36-38-26-35(2,3)27-39-36)40-34(29)28-21-23-32(24-22-28)37(30-17-12-9-13-18-30)31-19-14-10-15-20-31/h9-10,12-15,17-25H,4-8,11,16,26-27H2,1-3H3. The largest absolute Gasteiger partial charge is 0.504 e. The fourth-order valence-corrected chi connectivity index (χ4v) is 6.53. The lowest BCUT2D eigenvalue weighted by molar-refractivity contribution is 0.0346. The highest BCUT2D eigenvalue weighted by atomic mass is 32.1. The lowest BCUT2D eigenvalue weighted by atomic mass is 9.81. The van der Waals surface area contributed by atoms with Crippen LogP contribution in [0.5, 0.6) is 0 Å². The van der Waals surface area contributed by atoms with E-state index in [2.05, 4.69) is 117 Å². The molecule has 0 N–H and O–H groups in total. The normalized spacial score (nSPS) is 14.8. The predicted octanol–water partition coefficient (Wildman–Crippen LogP) is 9.56. The van der Waals surface area contributed by atoms with Crippen LogP contribution in [0.4, 0.5) is 17.1 Å². The van der Waals surface area contributed by atoms with E-state index in [4.69, 9.17) is 9.31 Å².